The molecule has 6 aliphatic carbocycles. The lowest BCUT2D eigenvalue weighted by molar-refractivity contribution is -0.188. The Morgan fingerprint density at radius 1 is 0.683 bits per heavy atom. The fourth-order valence-corrected chi connectivity index (χ4v) is 13.7. The number of aliphatic hydroxyl groups is 2. The average molecular weight is 821 g/mol. The van der Waals surface area contributed by atoms with E-state index in [4.69, 9.17) is 18.9 Å². The van der Waals surface area contributed by atoms with Crippen molar-refractivity contribution in [1.82, 2.24) is 9.80 Å². The first-order chi connectivity index (χ1) is 28.7. The molecule has 2 N–H and O–H groups in total. The minimum atomic E-state index is -1.22. The van der Waals surface area contributed by atoms with E-state index < -0.39 is 58.0 Å². The third-order valence-corrected chi connectivity index (χ3v) is 16.9. The van der Waals surface area contributed by atoms with Crippen molar-refractivity contribution in [2.45, 2.75) is 151 Å². The van der Waals surface area contributed by atoms with Gasteiger partial charge in [0.25, 0.3) is 0 Å². The first kappa shape index (κ1) is 37.9. The van der Waals surface area contributed by atoms with Gasteiger partial charge in [-0.3, -0.25) is 29.0 Å². The van der Waals surface area contributed by atoms with E-state index in [1.165, 1.54) is 25.7 Å². The minimum Gasteiger partial charge on any atom is -0.477 e. The summed E-state index contributed by atoms with van der Waals surface area (Å²) in [5.41, 5.74) is -0.177. The van der Waals surface area contributed by atoms with Crippen molar-refractivity contribution in [1.29, 1.82) is 0 Å². The van der Waals surface area contributed by atoms with Crippen LogP contribution in [0.4, 0.5) is 0 Å². The zero-order valence-corrected chi connectivity index (χ0v) is 35.1. The highest BCUT2D eigenvalue weighted by Gasteiger charge is 2.75. The summed E-state index contributed by atoms with van der Waals surface area (Å²) in [5, 5.41) is 26.1. The topological polar surface area (TPSA) is 152 Å². The number of ketones is 2. The third kappa shape index (κ3) is 4.72. The van der Waals surface area contributed by atoms with Crippen LogP contribution in [0.15, 0.2) is 12.1 Å². The highest BCUT2D eigenvalue weighted by molar-refractivity contribution is 5.96. The van der Waals surface area contributed by atoms with Crippen molar-refractivity contribution in [3.8, 4) is 34.1 Å². The minimum absolute atomic E-state index is 0.0657. The molecule has 6 fully saturated rings. The first-order valence-electron chi connectivity index (χ1n) is 22.9. The van der Waals surface area contributed by atoms with E-state index in [-0.39, 0.29) is 48.0 Å². The average Bonchev–Trinajstić information content (AvgIpc) is 4.14. The molecule has 2 unspecified atom stereocenters. The monoisotopic (exact) mass is 820 g/mol. The summed E-state index contributed by atoms with van der Waals surface area (Å²) in [4.78, 5) is 60.7. The van der Waals surface area contributed by atoms with Crippen LogP contribution in [0.2, 0.25) is 0 Å². The van der Waals surface area contributed by atoms with Gasteiger partial charge in [0.15, 0.2) is 46.8 Å². The summed E-state index contributed by atoms with van der Waals surface area (Å²) < 4.78 is 26.6. The van der Waals surface area contributed by atoms with Crippen LogP contribution >= 0.6 is 0 Å². The number of likely N-dealkylation sites (tertiary alicyclic amines) is 2. The quantitative estimate of drug-likeness (QED) is 0.266. The van der Waals surface area contributed by atoms with Crippen molar-refractivity contribution < 1.29 is 48.3 Å². The normalized spacial score (nSPS) is 36.8. The molecule has 2 aromatic rings. The van der Waals surface area contributed by atoms with E-state index in [1.807, 2.05) is 12.1 Å². The molecule has 2 aromatic carbocycles. The molecule has 4 bridgehead atoms. The van der Waals surface area contributed by atoms with Crippen LogP contribution in [-0.2, 0) is 42.8 Å². The number of Topliss-reactive ketones (excluding diaryl/α,β-unsaturated/α-hetero) is 2. The second-order valence-electron chi connectivity index (χ2n) is 20.9. The summed E-state index contributed by atoms with van der Waals surface area (Å²) in [6.07, 6.45) is 5.99. The lowest BCUT2D eigenvalue weighted by atomic mass is 9.48. The Balaban J connectivity index is 1.11. The molecule has 318 valence electrons. The molecule has 4 heterocycles. The van der Waals surface area contributed by atoms with Gasteiger partial charge in [0, 0.05) is 60.3 Å². The van der Waals surface area contributed by atoms with Crippen LogP contribution in [0.25, 0.3) is 11.1 Å². The predicted octanol–water partition coefficient (Wildman–Crippen LogP) is 4.74. The number of ether oxygens (including phenoxy) is 4. The van der Waals surface area contributed by atoms with Crippen LogP contribution in [0.3, 0.4) is 0 Å². The number of nitrogens with zero attached hydrogens (tertiary/aromatic N) is 2. The molecule has 12 rings (SSSR count). The van der Waals surface area contributed by atoms with Gasteiger partial charge < -0.3 is 29.2 Å². The molecule has 2 saturated heterocycles. The largest absolute Gasteiger partial charge is 0.477 e. The first-order valence-corrected chi connectivity index (χ1v) is 22.9. The summed E-state index contributed by atoms with van der Waals surface area (Å²) in [7, 11) is 0. The molecule has 2 spiro atoms. The Kier molecular flexibility index (Phi) is 7.84. The number of hydrogen-bond donors (Lipinski definition) is 2. The number of piperidine rings is 2. The van der Waals surface area contributed by atoms with Crippen molar-refractivity contribution in [2.75, 3.05) is 26.2 Å². The zero-order valence-electron chi connectivity index (χ0n) is 35.1. The number of carbonyl (C=O) groups is 4. The molecule has 0 aromatic heterocycles. The number of hydrogen-bond acceptors (Lipinski definition) is 12. The Labute approximate surface area is 350 Å². The van der Waals surface area contributed by atoms with Crippen molar-refractivity contribution in [3.05, 3.63) is 34.4 Å². The van der Waals surface area contributed by atoms with Crippen molar-refractivity contribution >= 4 is 23.5 Å². The molecule has 10 aliphatic rings. The van der Waals surface area contributed by atoms with Gasteiger partial charge in [-0.15, -0.1) is 0 Å². The van der Waals surface area contributed by atoms with E-state index in [2.05, 4.69) is 9.80 Å². The van der Waals surface area contributed by atoms with E-state index in [0.29, 0.717) is 73.0 Å². The summed E-state index contributed by atoms with van der Waals surface area (Å²) in [6, 6.07) is 3.56. The number of benzene rings is 2. The van der Waals surface area contributed by atoms with Crippen LogP contribution < -0.4 is 18.9 Å². The molecule has 0 amide bonds. The predicted molar refractivity (Wildman–Crippen MR) is 216 cm³/mol. The van der Waals surface area contributed by atoms with Gasteiger partial charge in [-0.25, -0.2) is 0 Å². The molecule has 12 nitrogen and oxygen atoms in total. The lowest BCUT2D eigenvalue weighted by Gasteiger charge is -2.62. The smallest absolute Gasteiger partial charge is 0.313 e. The van der Waals surface area contributed by atoms with E-state index >= 15 is 0 Å². The SMILES string of the molecule is CC(C)C(=O)Oc1c(-c2cc3c4c(c2OC(=O)C(C)C)O[C@H]2C(=O)CC[C@@]5(O)C(C3)N(CC3CC3)CC[C@]425)cc2c3c1O[C@H]1C(=O)CC[C@@]4(O)C(C2)N(CC2CC2)CC[C@]314. The standard InChI is InChI=1S/C48H56N2O10/c1-23(2)43(53)59-37-29(17-27-19-33-47(55)11-9-31(51)41-45(47,35(27)39(37)57-41)13-15-49(33)21-25-5-6-25)30-18-28-20-34-48(56)12-10-32(52)42-46(48,14-16-50(34)22-26-7-8-26)36(28)40(58-42)38(30)60-44(54)24(3)4/h17-18,23-26,33-34,41-42,55-56H,5-16,19-22H2,1-4H3/t33?,34?,41-,42-,45-,46-,47+,48+/m0/s1. The zero-order chi connectivity index (χ0) is 41.4. The van der Waals surface area contributed by atoms with Gasteiger partial charge in [0.2, 0.25) is 0 Å². The molecule has 4 aliphatic heterocycles. The Morgan fingerprint density at radius 2 is 1.08 bits per heavy atom. The summed E-state index contributed by atoms with van der Waals surface area (Å²) in [5.74, 6) is -0.0951. The molecule has 60 heavy (non-hydrogen) atoms. The maximum absolute atomic E-state index is 14.1. The Morgan fingerprint density at radius 3 is 1.45 bits per heavy atom. The fourth-order valence-electron chi connectivity index (χ4n) is 13.7. The Hall–Kier alpha value is -3.84. The molecule has 0 radical (unpaired) electrons. The van der Waals surface area contributed by atoms with Gasteiger partial charge in [-0.05, 0) is 112 Å². The second-order valence-corrected chi connectivity index (χ2v) is 20.9. The molecule has 12 heteroatoms. The second kappa shape index (κ2) is 12.4. The van der Waals surface area contributed by atoms with Gasteiger partial charge in [0.05, 0.1) is 33.9 Å². The number of esters is 2. The molecular formula is C48H56N2O10. The summed E-state index contributed by atoms with van der Waals surface area (Å²) in [6.45, 7) is 10.3. The Bertz CT molecular complexity index is 2160. The maximum atomic E-state index is 14.1. The van der Waals surface area contributed by atoms with Crippen molar-refractivity contribution in [2.24, 2.45) is 23.7 Å². The maximum Gasteiger partial charge on any atom is 0.313 e. The van der Waals surface area contributed by atoms with Gasteiger partial charge in [-0.2, -0.15) is 0 Å². The molecular weight excluding hydrogens is 765 g/mol. The summed E-state index contributed by atoms with van der Waals surface area (Å²) >= 11 is 0. The van der Waals surface area contributed by atoms with E-state index in [9.17, 15) is 29.4 Å². The number of carbonyl (C=O) groups excluding carboxylic acids is 4. The molecule has 8 atom stereocenters. The van der Waals surface area contributed by atoms with E-state index in [1.54, 1.807) is 27.7 Å². The third-order valence-electron chi connectivity index (χ3n) is 16.9. The number of rotatable bonds is 9. The van der Waals surface area contributed by atoms with Crippen LogP contribution in [0.1, 0.15) is 114 Å². The fraction of sp³-hybridized carbons (Fsp3) is 0.667. The van der Waals surface area contributed by atoms with Gasteiger partial charge in [0.1, 0.15) is 0 Å². The van der Waals surface area contributed by atoms with Crippen LogP contribution in [0, 0.1) is 23.7 Å². The van der Waals surface area contributed by atoms with Crippen LogP contribution in [-0.4, -0.2) is 105 Å². The van der Waals surface area contributed by atoms with Crippen molar-refractivity contribution in [3.63, 3.8) is 0 Å². The van der Waals surface area contributed by atoms with Gasteiger partial charge >= 0.3 is 11.9 Å². The molecule has 4 saturated carbocycles. The van der Waals surface area contributed by atoms with Gasteiger partial charge in [-0.1, -0.05) is 27.7 Å². The highest BCUT2D eigenvalue weighted by atomic mass is 16.6. The van der Waals surface area contributed by atoms with E-state index in [0.717, 1.165) is 48.4 Å². The lowest BCUT2D eigenvalue weighted by Crippen LogP contribution is -2.76. The highest BCUT2D eigenvalue weighted by Crippen LogP contribution is 2.69. The van der Waals surface area contributed by atoms with Crippen LogP contribution in [0.5, 0.6) is 23.0 Å².